The molecule has 0 saturated carbocycles. The number of benzene rings is 2. The maximum Gasteiger partial charge on any atom is 0.205 e. The van der Waals surface area contributed by atoms with Crippen LogP contribution in [0.25, 0.3) is 11.3 Å². The molecular weight excluding hydrogens is 292 g/mol. The highest BCUT2D eigenvalue weighted by atomic mass is 32.1. The lowest BCUT2D eigenvalue weighted by Gasteiger charge is -2.03. The second kappa shape index (κ2) is 5.54. The lowest BCUT2D eigenvalue weighted by Crippen LogP contribution is -2.01. The molecule has 1 heterocycles. The predicted octanol–water partition coefficient (Wildman–Crippen LogP) is 4.32. The first-order valence-electron chi connectivity index (χ1n) is 6.15. The first-order valence-corrected chi connectivity index (χ1v) is 7.03. The van der Waals surface area contributed by atoms with Crippen molar-refractivity contribution in [2.45, 2.75) is 0 Å². The molecular formula is C16H9F2NOS. The van der Waals surface area contributed by atoms with Gasteiger partial charge in [-0.3, -0.25) is 4.79 Å². The zero-order chi connectivity index (χ0) is 14.8. The van der Waals surface area contributed by atoms with Gasteiger partial charge in [0.2, 0.25) is 5.78 Å². The molecule has 0 radical (unpaired) electrons. The summed E-state index contributed by atoms with van der Waals surface area (Å²) in [5, 5.41) is 0. The highest BCUT2D eigenvalue weighted by Gasteiger charge is 2.18. The molecule has 0 atom stereocenters. The third kappa shape index (κ3) is 2.73. The van der Waals surface area contributed by atoms with Gasteiger partial charge in [0.15, 0.2) is 0 Å². The van der Waals surface area contributed by atoms with Crippen LogP contribution in [-0.2, 0) is 0 Å². The predicted molar refractivity (Wildman–Crippen MR) is 77.3 cm³/mol. The van der Waals surface area contributed by atoms with Gasteiger partial charge in [0.05, 0.1) is 11.2 Å². The van der Waals surface area contributed by atoms with E-state index in [1.807, 2.05) is 0 Å². The first kappa shape index (κ1) is 13.6. The van der Waals surface area contributed by atoms with E-state index in [1.165, 1.54) is 47.7 Å². The Morgan fingerprint density at radius 3 is 2.10 bits per heavy atom. The van der Waals surface area contributed by atoms with Crippen LogP contribution in [0.15, 0.2) is 54.0 Å². The zero-order valence-corrected chi connectivity index (χ0v) is 11.5. The van der Waals surface area contributed by atoms with Crippen LogP contribution in [-0.4, -0.2) is 10.8 Å². The van der Waals surface area contributed by atoms with Crippen LogP contribution in [0.3, 0.4) is 0 Å². The second-order valence-electron chi connectivity index (χ2n) is 4.37. The van der Waals surface area contributed by atoms with Gasteiger partial charge in [0, 0.05) is 11.1 Å². The number of nitrogens with zero attached hydrogens (tertiary/aromatic N) is 1. The van der Waals surface area contributed by atoms with Crippen molar-refractivity contribution in [3.8, 4) is 11.3 Å². The molecule has 0 amide bonds. The molecule has 5 heteroatoms. The summed E-state index contributed by atoms with van der Waals surface area (Å²) in [4.78, 5) is 17.1. The van der Waals surface area contributed by atoms with Crippen molar-refractivity contribution in [3.63, 3.8) is 0 Å². The molecule has 0 saturated heterocycles. The largest absolute Gasteiger partial charge is 0.288 e. The number of hydrogen-bond acceptors (Lipinski definition) is 3. The average molecular weight is 301 g/mol. The Hall–Kier alpha value is -2.40. The fraction of sp³-hybridized carbons (Fsp3) is 0. The van der Waals surface area contributed by atoms with Crippen molar-refractivity contribution >= 4 is 17.1 Å². The molecule has 0 spiro atoms. The van der Waals surface area contributed by atoms with Crippen LogP contribution >= 0.6 is 11.3 Å². The smallest absolute Gasteiger partial charge is 0.205 e. The Morgan fingerprint density at radius 2 is 1.48 bits per heavy atom. The van der Waals surface area contributed by atoms with E-state index < -0.39 is 5.82 Å². The van der Waals surface area contributed by atoms with Crippen LogP contribution in [0.5, 0.6) is 0 Å². The maximum absolute atomic E-state index is 13.0. The summed E-state index contributed by atoms with van der Waals surface area (Å²) < 4.78 is 25.9. The van der Waals surface area contributed by atoms with Crippen molar-refractivity contribution in [2.24, 2.45) is 0 Å². The minimum atomic E-state index is -0.394. The number of ketones is 1. The Balaban J connectivity index is 2.00. The van der Waals surface area contributed by atoms with Crippen molar-refractivity contribution in [3.05, 3.63) is 76.1 Å². The van der Waals surface area contributed by atoms with Gasteiger partial charge in [-0.15, -0.1) is 11.3 Å². The Kier molecular flexibility index (Phi) is 3.58. The van der Waals surface area contributed by atoms with Gasteiger partial charge >= 0.3 is 0 Å². The van der Waals surface area contributed by atoms with E-state index in [9.17, 15) is 13.6 Å². The lowest BCUT2D eigenvalue weighted by atomic mass is 10.1. The van der Waals surface area contributed by atoms with Gasteiger partial charge in [-0.05, 0) is 48.5 Å². The molecule has 3 aromatic rings. The van der Waals surface area contributed by atoms with Crippen LogP contribution in [0, 0.1) is 11.6 Å². The average Bonchev–Trinajstić information content (AvgIpc) is 2.97. The van der Waals surface area contributed by atoms with Gasteiger partial charge in [0.25, 0.3) is 0 Å². The SMILES string of the molecule is O=C(c1ccc(F)cc1)c1scnc1-c1ccc(F)cc1. The van der Waals surface area contributed by atoms with E-state index >= 15 is 0 Å². The monoisotopic (exact) mass is 301 g/mol. The molecule has 0 bridgehead atoms. The molecule has 0 aliphatic rings. The molecule has 0 unspecified atom stereocenters. The third-order valence-corrected chi connectivity index (χ3v) is 3.82. The number of carbonyl (C=O) groups excluding carboxylic acids is 1. The third-order valence-electron chi connectivity index (χ3n) is 3.00. The Morgan fingerprint density at radius 1 is 0.905 bits per heavy atom. The number of halogens is 2. The molecule has 1 aromatic heterocycles. The summed E-state index contributed by atoms with van der Waals surface area (Å²) in [5.41, 5.74) is 3.14. The van der Waals surface area contributed by atoms with E-state index in [-0.39, 0.29) is 11.6 Å². The molecule has 0 aliphatic carbocycles. The molecule has 21 heavy (non-hydrogen) atoms. The quantitative estimate of drug-likeness (QED) is 0.674. The molecule has 0 N–H and O–H groups in total. The highest BCUT2D eigenvalue weighted by molar-refractivity contribution is 7.12. The minimum absolute atomic E-state index is 0.225. The van der Waals surface area contributed by atoms with Gasteiger partial charge in [0.1, 0.15) is 16.5 Å². The number of carbonyl (C=O) groups is 1. The van der Waals surface area contributed by atoms with E-state index in [0.717, 1.165) is 0 Å². The van der Waals surface area contributed by atoms with E-state index in [0.29, 0.717) is 21.7 Å². The fourth-order valence-electron chi connectivity index (χ4n) is 1.95. The summed E-state index contributed by atoms with van der Waals surface area (Å²) in [6.07, 6.45) is 0. The van der Waals surface area contributed by atoms with Crippen LogP contribution < -0.4 is 0 Å². The van der Waals surface area contributed by atoms with Crippen molar-refractivity contribution < 1.29 is 13.6 Å². The van der Waals surface area contributed by atoms with E-state index in [1.54, 1.807) is 17.6 Å². The van der Waals surface area contributed by atoms with Gasteiger partial charge in [-0.25, -0.2) is 13.8 Å². The summed E-state index contributed by atoms with van der Waals surface area (Å²) in [7, 11) is 0. The highest BCUT2D eigenvalue weighted by Crippen LogP contribution is 2.27. The molecule has 104 valence electrons. The normalized spacial score (nSPS) is 10.6. The molecule has 3 rings (SSSR count). The molecule has 0 aliphatic heterocycles. The van der Waals surface area contributed by atoms with Gasteiger partial charge < -0.3 is 0 Å². The summed E-state index contributed by atoms with van der Waals surface area (Å²) >= 11 is 1.21. The molecule has 0 fully saturated rings. The van der Waals surface area contributed by atoms with Gasteiger partial charge in [-0.2, -0.15) is 0 Å². The molecule has 2 nitrogen and oxygen atoms in total. The number of thiazole rings is 1. The standard InChI is InChI=1S/C16H9F2NOS/c17-12-5-1-10(2-6-12)14-16(21-9-19-14)15(20)11-3-7-13(18)8-4-11/h1-9H. The maximum atomic E-state index is 13.0. The minimum Gasteiger partial charge on any atom is -0.288 e. The lowest BCUT2D eigenvalue weighted by molar-refractivity contribution is 0.104. The van der Waals surface area contributed by atoms with E-state index in [2.05, 4.69) is 4.98 Å². The van der Waals surface area contributed by atoms with E-state index in [4.69, 9.17) is 0 Å². The van der Waals surface area contributed by atoms with Crippen LogP contribution in [0.2, 0.25) is 0 Å². The van der Waals surface area contributed by atoms with Crippen molar-refractivity contribution in [1.29, 1.82) is 0 Å². The molecule has 2 aromatic carbocycles. The summed E-state index contributed by atoms with van der Waals surface area (Å²) in [6, 6.07) is 11.1. The topological polar surface area (TPSA) is 30.0 Å². The summed E-state index contributed by atoms with van der Waals surface area (Å²) in [5.74, 6) is -0.966. The fourth-order valence-corrected chi connectivity index (χ4v) is 2.72. The Labute approximate surface area is 123 Å². The van der Waals surface area contributed by atoms with Crippen LogP contribution in [0.1, 0.15) is 15.2 Å². The first-order chi connectivity index (χ1) is 10.1. The number of hydrogen-bond donors (Lipinski definition) is 0. The summed E-state index contributed by atoms with van der Waals surface area (Å²) in [6.45, 7) is 0. The van der Waals surface area contributed by atoms with Crippen LogP contribution in [0.4, 0.5) is 8.78 Å². The van der Waals surface area contributed by atoms with Crippen molar-refractivity contribution in [1.82, 2.24) is 4.98 Å². The number of aromatic nitrogens is 1. The van der Waals surface area contributed by atoms with Crippen molar-refractivity contribution in [2.75, 3.05) is 0 Å². The number of rotatable bonds is 3. The van der Waals surface area contributed by atoms with Gasteiger partial charge in [-0.1, -0.05) is 0 Å². The second-order valence-corrected chi connectivity index (χ2v) is 5.23. The zero-order valence-electron chi connectivity index (χ0n) is 10.7. The Bertz CT molecular complexity index is 779.